The maximum Gasteiger partial charge on any atom is 0.127 e. The topological polar surface area (TPSA) is 49.7 Å². The lowest BCUT2D eigenvalue weighted by molar-refractivity contribution is 0.00760. The second-order valence-electron chi connectivity index (χ2n) is 8.29. The lowest BCUT2D eigenvalue weighted by Crippen LogP contribution is -2.45. The summed E-state index contributed by atoms with van der Waals surface area (Å²) in [4.78, 5) is 0. The maximum absolute atomic E-state index is 10.8. The molecule has 0 saturated heterocycles. The molecule has 2 N–H and O–H groups in total. The first-order chi connectivity index (χ1) is 12.8. The van der Waals surface area contributed by atoms with Crippen LogP contribution >= 0.6 is 0 Å². The Hall–Kier alpha value is -2.68. The number of benzene rings is 2. The molecule has 0 aromatic heterocycles. The van der Waals surface area contributed by atoms with E-state index in [1.165, 1.54) is 5.57 Å². The minimum absolute atomic E-state index is 0.251. The molecule has 2 atom stereocenters. The number of allylic oxidation sites excluding steroid dienone is 2. The molecule has 0 saturated carbocycles. The van der Waals surface area contributed by atoms with Crippen molar-refractivity contribution in [2.45, 2.75) is 45.1 Å². The second kappa shape index (κ2) is 6.49. The lowest BCUT2D eigenvalue weighted by atomic mass is 9.67. The molecule has 2 aliphatic rings. The van der Waals surface area contributed by atoms with Crippen LogP contribution in [0.25, 0.3) is 12.2 Å². The number of rotatable bonds is 2. The SMILES string of the molecule is CC1=CC[C@@H]2[C@@H](C1)c1c(O)cc(/C=C/c3ccc(O)cc3)cc1OC2(C)C. The zero-order chi connectivity index (χ0) is 19.2. The van der Waals surface area contributed by atoms with Crippen molar-refractivity contribution in [1.29, 1.82) is 0 Å². The summed E-state index contributed by atoms with van der Waals surface area (Å²) in [6.45, 7) is 6.47. The van der Waals surface area contributed by atoms with Crippen LogP contribution in [0, 0.1) is 5.92 Å². The Morgan fingerprint density at radius 3 is 2.48 bits per heavy atom. The van der Waals surface area contributed by atoms with Crippen LogP contribution in [0.5, 0.6) is 17.2 Å². The molecule has 3 heteroatoms. The van der Waals surface area contributed by atoms with E-state index in [1.807, 2.05) is 36.4 Å². The molecule has 4 rings (SSSR count). The molecule has 0 fully saturated rings. The molecule has 140 valence electrons. The molecule has 0 amide bonds. The number of phenols is 2. The van der Waals surface area contributed by atoms with E-state index < -0.39 is 0 Å². The fourth-order valence-corrected chi connectivity index (χ4v) is 4.46. The quantitative estimate of drug-likeness (QED) is 0.518. The van der Waals surface area contributed by atoms with Crippen LogP contribution in [0.1, 0.15) is 56.2 Å². The van der Waals surface area contributed by atoms with Gasteiger partial charge in [0.15, 0.2) is 0 Å². The van der Waals surface area contributed by atoms with Crippen molar-refractivity contribution in [3.63, 3.8) is 0 Å². The Labute approximate surface area is 160 Å². The summed E-state index contributed by atoms with van der Waals surface area (Å²) in [5, 5.41) is 20.2. The van der Waals surface area contributed by atoms with E-state index >= 15 is 0 Å². The molecule has 2 aromatic rings. The highest BCUT2D eigenvalue weighted by atomic mass is 16.5. The van der Waals surface area contributed by atoms with Crippen molar-refractivity contribution in [3.05, 3.63) is 64.7 Å². The van der Waals surface area contributed by atoms with Crippen LogP contribution in [0.2, 0.25) is 0 Å². The van der Waals surface area contributed by atoms with Gasteiger partial charge in [-0.1, -0.05) is 35.9 Å². The monoisotopic (exact) mass is 362 g/mol. The Morgan fingerprint density at radius 1 is 1.04 bits per heavy atom. The van der Waals surface area contributed by atoms with E-state index in [0.29, 0.717) is 17.6 Å². The Morgan fingerprint density at radius 2 is 1.74 bits per heavy atom. The molecule has 0 bridgehead atoms. The van der Waals surface area contributed by atoms with Crippen LogP contribution in [-0.4, -0.2) is 15.8 Å². The van der Waals surface area contributed by atoms with E-state index in [1.54, 1.807) is 12.1 Å². The Kier molecular flexibility index (Phi) is 4.26. The summed E-state index contributed by atoms with van der Waals surface area (Å²) in [5.74, 6) is 2.03. The first-order valence-electron chi connectivity index (χ1n) is 9.52. The van der Waals surface area contributed by atoms with Gasteiger partial charge in [-0.05, 0) is 69.0 Å². The number of ether oxygens (including phenoxy) is 1. The molecule has 0 radical (unpaired) electrons. The second-order valence-corrected chi connectivity index (χ2v) is 8.29. The highest BCUT2D eigenvalue weighted by Gasteiger charge is 2.45. The van der Waals surface area contributed by atoms with Crippen molar-refractivity contribution in [2.24, 2.45) is 5.92 Å². The lowest BCUT2D eigenvalue weighted by Gasteiger charge is -2.47. The zero-order valence-corrected chi connectivity index (χ0v) is 16.1. The van der Waals surface area contributed by atoms with Gasteiger partial charge >= 0.3 is 0 Å². The van der Waals surface area contributed by atoms with Gasteiger partial charge in [-0.15, -0.1) is 0 Å². The normalized spacial score (nSPS) is 23.3. The minimum atomic E-state index is -0.263. The summed E-state index contributed by atoms with van der Waals surface area (Å²) in [6, 6.07) is 10.9. The van der Waals surface area contributed by atoms with E-state index in [9.17, 15) is 10.2 Å². The van der Waals surface area contributed by atoms with Crippen molar-refractivity contribution in [3.8, 4) is 17.2 Å². The molecule has 1 aliphatic carbocycles. The van der Waals surface area contributed by atoms with E-state index in [4.69, 9.17) is 4.74 Å². The van der Waals surface area contributed by atoms with E-state index in [2.05, 4.69) is 26.8 Å². The van der Waals surface area contributed by atoms with Gasteiger partial charge in [0.1, 0.15) is 22.8 Å². The highest BCUT2D eigenvalue weighted by molar-refractivity contribution is 5.72. The predicted molar refractivity (Wildman–Crippen MR) is 109 cm³/mol. The predicted octanol–water partition coefficient (Wildman–Crippen LogP) is 5.88. The summed E-state index contributed by atoms with van der Waals surface area (Å²) < 4.78 is 6.36. The van der Waals surface area contributed by atoms with Gasteiger partial charge in [-0.2, -0.15) is 0 Å². The molecule has 2 aromatic carbocycles. The molecule has 1 heterocycles. The van der Waals surface area contributed by atoms with Crippen molar-refractivity contribution in [2.75, 3.05) is 0 Å². The first kappa shape index (κ1) is 17.7. The third kappa shape index (κ3) is 3.34. The van der Waals surface area contributed by atoms with Gasteiger partial charge < -0.3 is 14.9 Å². The van der Waals surface area contributed by atoms with E-state index in [0.717, 1.165) is 35.3 Å². The summed E-state index contributed by atoms with van der Waals surface area (Å²) in [6.07, 6.45) is 8.19. The third-order valence-electron chi connectivity index (χ3n) is 5.89. The van der Waals surface area contributed by atoms with Gasteiger partial charge in [-0.3, -0.25) is 0 Å². The number of hydrogen-bond acceptors (Lipinski definition) is 3. The average Bonchev–Trinajstić information content (AvgIpc) is 2.60. The zero-order valence-electron chi connectivity index (χ0n) is 16.1. The molecular formula is C24H26O3. The Bertz CT molecular complexity index is 919. The van der Waals surface area contributed by atoms with Crippen LogP contribution in [0.4, 0.5) is 0 Å². The summed E-state index contributed by atoms with van der Waals surface area (Å²) in [7, 11) is 0. The summed E-state index contributed by atoms with van der Waals surface area (Å²) >= 11 is 0. The smallest absolute Gasteiger partial charge is 0.127 e. The van der Waals surface area contributed by atoms with Gasteiger partial charge in [0.25, 0.3) is 0 Å². The van der Waals surface area contributed by atoms with E-state index in [-0.39, 0.29) is 11.4 Å². The third-order valence-corrected chi connectivity index (χ3v) is 5.89. The summed E-state index contributed by atoms with van der Waals surface area (Å²) in [5.41, 5.74) is 3.96. The molecule has 0 unspecified atom stereocenters. The first-order valence-corrected chi connectivity index (χ1v) is 9.52. The molecule has 3 nitrogen and oxygen atoms in total. The fourth-order valence-electron chi connectivity index (χ4n) is 4.46. The van der Waals surface area contributed by atoms with Crippen LogP contribution < -0.4 is 4.74 Å². The van der Waals surface area contributed by atoms with Gasteiger partial charge in [0.2, 0.25) is 0 Å². The number of aromatic hydroxyl groups is 2. The van der Waals surface area contributed by atoms with Crippen LogP contribution in [-0.2, 0) is 0 Å². The largest absolute Gasteiger partial charge is 0.508 e. The fraction of sp³-hybridized carbons (Fsp3) is 0.333. The van der Waals surface area contributed by atoms with Crippen molar-refractivity contribution < 1.29 is 14.9 Å². The highest BCUT2D eigenvalue weighted by Crippen LogP contribution is 2.54. The van der Waals surface area contributed by atoms with Crippen LogP contribution in [0.15, 0.2) is 48.0 Å². The maximum atomic E-state index is 10.8. The number of phenolic OH excluding ortho intramolecular Hbond substituents is 2. The minimum Gasteiger partial charge on any atom is -0.508 e. The standard InChI is InChI=1S/C24H26O3/c1-15-4-11-20-19(12-15)23-21(26)13-17(14-22(23)27-24(20,2)3)6-5-16-7-9-18(25)10-8-16/h4-10,13-14,19-20,25-26H,11-12H2,1-3H3/b6-5+/t19-,20-/m1/s1. The number of hydrogen-bond donors (Lipinski definition) is 2. The molecule has 1 aliphatic heterocycles. The molecule has 0 spiro atoms. The molecule has 27 heavy (non-hydrogen) atoms. The van der Waals surface area contributed by atoms with Gasteiger partial charge in [0, 0.05) is 17.4 Å². The van der Waals surface area contributed by atoms with Crippen LogP contribution in [0.3, 0.4) is 0 Å². The van der Waals surface area contributed by atoms with Gasteiger partial charge in [-0.25, -0.2) is 0 Å². The Balaban J connectivity index is 1.70. The van der Waals surface area contributed by atoms with Crippen molar-refractivity contribution >= 4 is 12.2 Å². The molecular weight excluding hydrogens is 336 g/mol. The number of fused-ring (bicyclic) bond motifs is 3. The van der Waals surface area contributed by atoms with Gasteiger partial charge in [0.05, 0.1) is 0 Å². The average molecular weight is 362 g/mol. The van der Waals surface area contributed by atoms with Crippen molar-refractivity contribution in [1.82, 2.24) is 0 Å².